The lowest BCUT2D eigenvalue weighted by molar-refractivity contribution is 0.0657. The molecule has 5 heteroatoms. The van der Waals surface area contributed by atoms with Crippen molar-refractivity contribution in [1.29, 1.82) is 0 Å². The Balaban J connectivity index is 1.95. The van der Waals surface area contributed by atoms with Crippen LogP contribution in [-0.4, -0.2) is 16.2 Å². The minimum absolute atomic E-state index is 0.0989. The highest BCUT2D eigenvalue weighted by Crippen LogP contribution is 2.38. The molecule has 0 spiro atoms. The van der Waals surface area contributed by atoms with E-state index in [0.717, 1.165) is 16.8 Å². The monoisotopic (exact) mass is 277 g/mol. The number of alkyl halides is 2. The van der Waals surface area contributed by atoms with Gasteiger partial charge in [0.15, 0.2) is 0 Å². The molecule has 2 unspecified atom stereocenters. The Morgan fingerprint density at radius 3 is 2.60 bits per heavy atom. The van der Waals surface area contributed by atoms with Crippen LogP contribution in [-0.2, 0) is 0 Å². The van der Waals surface area contributed by atoms with Crippen molar-refractivity contribution in [3.63, 3.8) is 0 Å². The van der Waals surface area contributed by atoms with Crippen molar-refractivity contribution in [1.82, 2.24) is 9.78 Å². The second-order valence-electron chi connectivity index (χ2n) is 5.36. The zero-order chi connectivity index (χ0) is 14.3. The zero-order valence-corrected chi connectivity index (χ0v) is 11.5. The van der Waals surface area contributed by atoms with Crippen molar-refractivity contribution in [2.24, 2.45) is 0 Å². The number of rotatable bonds is 2. The van der Waals surface area contributed by atoms with Crippen LogP contribution >= 0.6 is 0 Å². The zero-order valence-electron chi connectivity index (χ0n) is 11.5. The first-order chi connectivity index (χ1) is 9.54. The van der Waals surface area contributed by atoms with Crippen LogP contribution in [0, 0.1) is 13.8 Å². The number of halogens is 2. The minimum atomic E-state index is -2.41. The van der Waals surface area contributed by atoms with Crippen LogP contribution in [0.5, 0.6) is 0 Å². The SMILES string of the molecule is Cc1ccc(C2CC(C(F)F)n3nc(C)cc3N2)cc1. The number of nitrogens with one attached hydrogen (secondary N) is 1. The third-order valence-corrected chi connectivity index (χ3v) is 3.74. The number of aryl methyl sites for hydroxylation is 2. The summed E-state index contributed by atoms with van der Waals surface area (Å²) >= 11 is 0. The van der Waals surface area contributed by atoms with Gasteiger partial charge in [0.25, 0.3) is 6.43 Å². The summed E-state index contributed by atoms with van der Waals surface area (Å²) in [6.45, 7) is 3.83. The number of aromatic nitrogens is 2. The van der Waals surface area contributed by atoms with Crippen molar-refractivity contribution in [3.05, 3.63) is 47.2 Å². The molecule has 1 N–H and O–H groups in total. The number of anilines is 1. The van der Waals surface area contributed by atoms with E-state index in [0.29, 0.717) is 12.2 Å². The number of hydrogen-bond acceptors (Lipinski definition) is 2. The molecule has 1 aromatic carbocycles. The summed E-state index contributed by atoms with van der Waals surface area (Å²) in [5.41, 5.74) is 2.95. The first kappa shape index (κ1) is 13.1. The highest BCUT2D eigenvalue weighted by molar-refractivity contribution is 5.43. The molecule has 106 valence electrons. The van der Waals surface area contributed by atoms with Gasteiger partial charge in [0.05, 0.1) is 11.7 Å². The molecule has 2 aromatic rings. The van der Waals surface area contributed by atoms with Gasteiger partial charge >= 0.3 is 0 Å². The van der Waals surface area contributed by atoms with Crippen LogP contribution in [0.2, 0.25) is 0 Å². The van der Waals surface area contributed by atoms with Crippen LogP contribution in [0.15, 0.2) is 30.3 Å². The first-order valence-electron chi connectivity index (χ1n) is 6.72. The van der Waals surface area contributed by atoms with Gasteiger partial charge in [-0.2, -0.15) is 5.10 Å². The van der Waals surface area contributed by atoms with Gasteiger partial charge < -0.3 is 5.32 Å². The van der Waals surface area contributed by atoms with E-state index in [-0.39, 0.29) is 6.04 Å². The smallest absolute Gasteiger partial charge is 0.260 e. The van der Waals surface area contributed by atoms with Gasteiger partial charge in [-0.1, -0.05) is 29.8 Å². The summed E-state index contributed by atoms with van der Waals surface area (Å²) < 4.78 is 28.0. The Labute approximate surface area is 116 Å². The van der Waals surface area contributed by atoms with Crippen molar-refractivity contribution in [3.8, 4) is 0 Å². The van der Waals surface area contributed by atoms with Crippen molar-refractivity contribution in [2.75, 3.05) is 5.32 Å². The van der Waals surface area contributed by atoms with Gasteiger partial charge in [0, 0.05) is 6.07 Å². The molecule has 3 rings (SSSR count). The first-order valence-corrected chi connectivity index (χ1v) is 6.72. The summed E-state index contributed by atoms with van der Waals surface area (Å²) in [7, 11) is 0. The third-order valence-electron chi connectivity index (χ3n) is 3.74. The molecule has 3 nitrogen and oxygen atoms in total. The normalized spacial score (nSPS) is 21.6. The van der Waals surface area contributed by atoms with E-state index in [9.17, 15) is 8.78 Å². The molecule has 1 aromatic heterocycles. The van der Waals surface area contributed by atoms with E-state index >= 15 is 0 Å². The molecule has 0 saturated carbocycles. The Morgan fingerprint density at radius 2 is 1.95 bits per heavy atom. The fourth-order valence-electron chi connectivity index (χ4n) is 2.68. The number of fused-ring (bicyclic) bond motifs is 1. The van der Waals surface area contributed by atoms with E-state index < -0.39 is 12.5 Å². The second-order valence-corrected chi connectivity index (χ2v) is 5.36. The van der Waals surface area contributed by atoms with Crippen LogP contribution in [0.25, 0.3) is 0 Å². The summed E-state index contributed by atoms with van der Waals surface area (Å²) in [4.78, 5) is 0. The third kappa shape index (κ3) is 2.28. The Kier molecular flexibility index (Phi) is 3.20. The second kappa shape index (κ2) is 4.89. The lowest BCUT2D eigenvalue weighted by atomic mass is 9.97. The topological polar surface area (TPSA) is 29.9 Å². The molecule has 0 amide bonds. The van der Waals surface area contributed by atoms with Crippen molar-refractivity contribution < 1.29 is 8.78 Å². The molecule has 20 heavy (non-hydrogen) atoms. The Hall–Kier alpha value is -1.91. The van der Waals surface area contributed by atoms with Gasteiger partial charge in [-0.25, -0.2) is 13.5 Å². The van der Waals surface area contributed by atoms with Gasteiger partial charge in [0.2, 0.25) is 0 Å². The van der Waals surface area contributed by atoms with Crippen LogP contribution in [0.3, 0.4) is 0 Å². The maximum Gasteiger partial charge on any atom is 0.260 e. The van der Waals surface area contributed by atoms with Crippen molar-refractivity contribution in [2.45, 2.75) is 38.8 Å². The predicted octanol–water partition coefficient (Wildman–Crippen LogP) is 3.86. The van der Waals surface area contributed by atoms with E-state index in [4.69, 9.17) is 0 Å². The molecular weight excluding hydrogens is 260 g/mol. The molecule has 1 aliphatic rings. The van der Waals surface area contributed by atoms with Gasteiger partial charge in [0.1, 0.15) is 11.9 Å². The summed E-state index contributed by atoms with van der Waals surface area (Å²) in [6, 6.07) is 8.85. The highest BCUT2D eigenvalue weighted by atomic mass is 19.3. The van der Waals surface area contributed by atoms with Gasteiger partial charge in [-0.3, -0.25) is 0 Å². The quantitative estimate of drug-likeness (QED) is 0.903. The molecule has 2 atom stereocenters. The highest BCUT2D eigenvalue weighted by Gasteiger charge is 2.34. The minimum Gasteiger partial charge on any atom is -0.363 e. The molecule has 0 fully saturated rings. The standard InChI is InChI=1S/C15H17F2N3/c1-9-3-5-11(6-4-9)12-8-13(15(16)17)20-14(18-12)7-10(2)19-20/h3-7,12-13,15,18H,8H2,1-2H3. The van der Waals surface area contributed by atoms with E-state index in [1.807, 2.05) is 44.2 Å². The van der Waals surface area contributed by atoms with E-state index in [1.54, 1.807) is 0 Å². The predicted molar refractivity (Wildman–Crippen MR) is 74.2 cm³/mol. The van der Waals surface area contributed by atoms with Gasteiger partial charge in [-0.15, -0.1) is 0 Å². The lowest BCUT2D eigenvalue weighted by Crippen LogP contribution is -2.30. The molecule has 2 heterocycles. The average molecular weight is 277 g/mol. The number of benzene rings is 1. The Bertz CT molecular complexity index is 604. The lowest BCUT2D eigenvalue weighted by Gasteiger charge is -2.32. The molecule has 0 aliphatic carbocycles. The maximum absolute atomic E-state index is 13.3. The van der Waals surface area contributed by atoms with Crippen LogP contribution in [0.4, 0.5) is 14.6 Å². The molecular formula is C15H17F2N3. The van der Waals surface area contributed by atoms with Crippen LogP contribution in [0.1, 0.15) is 35.3 Å². The number of nitrogens with zero attached hydrogens (tertiary/aromatic N) is 2. The van der Waals surface area contributed by atoms with E-state index in [1.165, 1.54) is 4.68 Å². The fourth-order valence-corrected chi connectivity index (χ4v) is 2.68. The maximum atomic E-state index is 13.3. The van der Waals surface area contributed by atoms with Crippen LogP contribution < -0.4 is 5.32 Å². The number of hydrogen-bond donors (Lipinski definition) is 1. The Morgan fingerprint density at radius 1 is 1.25 bits per heavy atom. The average Bonchev–Trinajstić information content (AvgIpc) is 2.78. The largest absolute Gasteiger partial charge is 0.363 e. The summed E-state index contributed by atoms with van der Waals surface area (Å²) in [5, 5.41) is 7.48. The fraction of sp³-hybridized carbons (Fsp3) is 0.400. The van der Waals surface area contributed by atoms with Crippen molar-refractivity contribution >= 4 is 5.82 Å². The molecule has 1 aliphatic heterocycles. The van der Waals surface area contributed by atoms with Gasteiger partial charge in [-0.05, 0) is 25.8 Å². The molecule has 0 saturated heterocycles. The van der Waals surface area contributed by atoms with E-state index in [2.05, 4.69) is 10.4 Å². The summed E-state index contributed by atoms with van der Waals surface area (Å²) in [6.07, 6.45) is -2.07. The molecule has 0 bridgehead atoms. The summed E-state index contributed by atoms with van der Waals surface area (Å²) in [5.74, 6) is 0.671. The molecule has 0 radical (unpaired) electrons.